The van der Waals surface area contributed by atoms with E-state index in [0.29, 0.717) is 46.7 Å². The second-order valence-electron chi connectivity index (χ2n) is 11.7. The first kappa shape index (κ1) is 38.1. The normalized spacial score (nSPS) is 19.5. The number of anilines is 1. The minimum absolute atomic E-state index is 0. The zero-order chi connectivity index (χ0) is 34.5. The van der Waals surface area contributed by atoms with Gasteiger partial charge in [-0.2, -0.15) is 18.1 Å². The van der Waals surface area contributed by atoms with E-state index in [1.807, 2.05) is 19.9 Å². The predicted octanol–water partition coefficient (Wildman–Crippen LogP) is 6.87. The van der Waals surface area contributed by atoms with Gasteiger partial charge in [-0.3, -0.25) is 9.29 Å². The van der Waals surface area contributed by atoms with E-state index in [9.17, 15) is 24.5 Å². The number of para-hydroxylation sites is 1. The van der Waals surface area contributed by atoms with Gasteiger partial charge in [0.25, 0.3) is 0 Å². The van der Waals surface area contributed by atoms with Crippen molar-refractivity contribution in [3.63, 3.8) is 0 Å². The Morgan fingerprint density at radius 2 is 1.84 bits per heavy atom. The van der Waals surface area contributed by atoms with Crippen LogP contribution in [-0.4, -0.2) is 80.7 Å². The van der Waals surface area contributed by atoms with Crippen LogP contribution in [0.4, 0.5) is 10.1 Å². The van der Waals surface area contributed by atoms with E-state index in [-0.39, 0.29) is 52.4 Å². The van der Waals surface area contributed by atoms with Crippen molar-refractivity contribution in [1.29, 1.82) is 0 Å². The number of aromatic carboxylic acids is 1. The summed E-state index contributed by atoms with van der Waals surface area (Å²) in [6.45, 7) is 9.25. The maximum atomic E-state index is 12.7. The molecular formula is C36H43ClCrFN4O6-. The maximum absolute atomic E-state index is 12.7. The van der Waals surface area contributed by atoms with E-state index in [0.717, 1.165) is 50.3 Å². The number of fused-ring (bicyclic) bond motifs is 2. The Morgan fingerprint density at radius 3 is 2.43 bits per heavy atom. The Bertz CT molecular complexity index is 1750. The molecule has 7 rings (SSSR count). The van der Waals surface area contributed by atoms with Crippen molar-refractivity contribution in [3.8, 4) is 17.2 Å². The van der Waals surface area contributed by atoms with E-state index in [4.69, 9.17) is 26.1 Å². The molecule has 49 heavy (non-hydrogen) atoms. The number of phenols is 2. The third-order valence-corrected chi connectivity index (χ3v) is 9.40. The second-order valence-corrected chi connectivity index (χ2v) is 12.2. The van der Waals surface area contributed by atoms with E-state index in [2.05, 4.69) is 14.4 Å². The quantitative estimate of drug-likeness (QED) is 0.132. The topological polar surface area (TPSA) is 121 Å². The molecule has 1 aromatic heterocycles. The molecule has 0 radical (unpaired) electrons. The number of hydrogen-bond donors (Lipinski definition) is 3. The van der Waals surface area contributed by atoms with E-state index >= 15 is 0 Å². The van der Waals surface area contributed by atoms with Crippen LogP contribution in [0.2, 0.25) is 5.02 Å². The first-order valence-corrected chi connectivity index (χ1v) is 16.7. The number of imidazole rings is 1. The molecule has 3 fully saturated rings. The summed E-state index contributed by atoms with van der Waals surface area (Å²) in [5.74, 6) is -0.138. The van der Waals surface area contributed by atoms with E-state index < -0.39 is 5.97 Å². The van der Waals surface area contributed by atoms with Crippen LogP contribution in [0.15, 0.2) is 48.5 Å². The third kappa shape index (κ3) is 8.06. The van der Waals surface area contributed by atoms with Crippen molar-refractivity contribution in [2.24, 2.45) is 0 Å². The van der Waals surface area contributed by atoms with Crippen LogP contribution in [-0.2, 0) is 35.2 Å². The summed E-state index contributed by atoms with van der Waals surface area (Å²) in [5.41, 5.74) is 2.82. The third-order valence-electron chi connectivity index (χ3n) is 9.17. The molecule has 3 heterocycles. The van der Waals surface area contributed by atoms with Gasteiger partial charge < -0.3 is 34.3 Å². The fourth-order valence-electron chi connectivity index (χ4n) is 6.46. The molecule has 0 spiro atoms. The molecule has 1 saturated carbocycles. The molecule has 2 aliphatic heterocycles. The zero-order valence-electron chi connectivity index (χ0n) is 28.1. The number of phenolic OH excluding ortho intramolecular Hbond substituents is 2. The van der Waals surface area contributed by atoms with Crippen LogP contribution in [0.1, 0.15) is 61.8 Å². The number of rotatable bonds is 8. The molecule has 3 aliphatic rings. The van der Waals surface area contributed by atoms with Gasteiger partial charge in [0, 0.05) is 60.0 Å². The number of ether oxygens (including phenoxy) is 2. The van der Waals surface area contributed by atoms with Crippen LogP contribution in [0.5, 0.6) is 17.2 Å². The summed E-state index contributed by atoms with van der Waals surface area (Å²) in [6, 6.07) is 13.5. The van der Waals surface area contributed by atoms with Crippen molar-refractivity contribution < 1.29 is 51.3 Å². The van der Waals surface area contributed by atoms with Gasteiger partial charge in [0.15, 0.2) is 11.5 Å². The molecule has 0 bridgehead atoms. The minimum atomic E-state index is -1.01. The summed E-state index contributed by atoms with van der Waals surface area (Å²) < 4.78 is 26.1. The Kier molecular flexibility index (Phi) is 13.1. The summed E-state index contributed by atoms with van der Waals surface area (Å²) >= 11 is 5.52. The van der Waals surface area contributed by atoms with Crippen molar-refractivity contribution in [3.05, 3.63) is 82.7 Å². The van der Waals surface area contributed by atoms with Crippen LogP contribution in [0.25, 0.3) is 11.0 Å². The fraction of sp³-hybridized carbons (Fsp3) is 0.417. The Balaban J connectivity index is 0.000000357. The number of carboxylic acids is 1. The smallest absolute Gasteiger partial charge is 0.335 e. The van der Waals surface area contributed by atoms with Gasteiger partial charge in [0.2, 0.25) is 0 Å². The SMILES string of the molecule is CC.COc1cc(C(=O)O)cc2c1nc(CN1CCN(c3cccc(O)c3O)C3CCC31)n2CC1CCO1.C[CH-]c1ccc(Cl)cc1F.[Cr]. The van der Waals surface area contributed by atoms with E-state index in [1.165, 1.54) is 25.3 Å². The number of aromatic hydroxyl groups is 2. The van der Waals surface area contributed by atoms with Gasteiger partial charge in [0.05, 0.1) is 43.1 Å². The number of hydrogen-bond acceptors (Lipinski definition) is 8. The van der Waals surface area contributed by atoms with Gasteiger partial charge in [-0.25, -0.2) is 9.78 Å². The Hall–Kier alpha value is -3.66. The van der Waals surface area contributed by atoms with Crippen LogP contribution in [0.3, 0.4) is 0 Å². The van der Waals surface area contributed by atoms with Crippen molar-refractivity contribution in [2.75, 3.05) is 31.7 Å². The van der Waals surface area contributed by atoms with Crippen molar-refractivity contribution >= 4 is 34.3 Å². The minimum Gasteiger partial charge on any atom is -0.504 e. The molecule has 4 aromatic rings. The number of halogens is 2. The molecular weight excluding hydrogens is 691 g/mol. The van der Waals surface area contributed by atoms with Gasteiger partial charge in [-0.15, -0.1) is 0 Å². The molecule has 10 nitrogen and oxygen atoms in total. The van der Waals surface area contributed by atoms with Gasteiger partial charge in [-0.1, -0.05) is 50.6 Å². The molecule has 2 saturated heterocycles. The monoisotopic (exact) mass is 733 g/mol. The number of methoxy groups -OCH3 is 1. The summed E-state index contributed by atoms with van der Waals surface area (Å²) in [7, 11) is 1.53. The fourth-order valence-corrected chi connectivity index (χ4v) is 6.62. The van der Waals surface area contributed by atoms with Gasteiger partial charge in [-0.05, 0) is 43.5 Å². The standard InChI is InChI=1S/C26H30N4O6.C8H7ClF.C2H6.Cr/c1-35-22-12-15(26(33)34)11-20-24(22)27-23(30(20)13-16-7-10-36-16)14-28-8-9-29(18-6-5-17(18)28)19-3-2-4-21(31)25(19)32;1-2-6-3-4-7(9)5-8(6)10;1-2;/h2-4,11-12,16-18,31-32H,5-10,13-14H2,1H3,(H,33,34);2-5H,1H3;1-2H3;/q;-1;;. The number of piperazine rings is 1. The first-order valence-electron chi connectivity index (χ1n) is 16.4. The molecule has 0 amide bonds. The molecule has 3 aromatic carbocycles. The Labute approximate surface area is 302 Å². The van der Waals surface area contributed by atoms with Gasteiger partial charge >= 0.3 is 5.97 Å². The first-order chi connectivity index (χ1) is 23.2. The molecule has 3 N–H and O–H groups in total. The Morgan fingerprint density at radius 1 is 1.10 bits per heavy atom. The second kappa shape index (κ2) is 16.8. The van der Waals surface area contributed by atoms with Crippen LogP contribution < -0.4 is 9.64 Å². The number of carboxylic acid groups (broad SMARTS) is 1. The molecule has 3 unspecified atom stereocenters. The molecule has 3 atom stereocenters. The predicted molar refractivity (Wildman–Crippen MR) is 184 cm³/mol. The number of benzene rings is 3. The number of aromatic nitrogens is 2. The van der Waals surface area contributed by atoms with Crippen molar-refractivity contribution in [1.82, 2.24) is 14.5 Å². The average molecular weight is 734 g/mol. The number of nitrogens with zero attached hydrogens (tertiary/aromatic N) is 4. The van der Waals surface area contributed by atoms with Crippen molar-refractivity contribution in [2.45, 2.75) is 71.3 Å². The average Bonchev–Trinajstić information content (AvgIpc) is 3.38. The van der Waals surface area contributed by atoms with Crippen LogP contribution >= 0.6 is 11.6 Å². The van der Waals surface area contributed by atoms with Crippen LogP contribution in [0, 0.1) is 12.2 Å². The maximum Gasteiger partial charge on any atom is 0.335 e. The molecule has 264 valence electrons. The largest absolute Gasteiger partial charge is 0.504 e. The summed E-state index contributed by atoms with van der Waals surface area (Å²) in [5, 5.41) is 30.5. The summed E-state index contributed by atoms with van der Waals surface area (Å²) in [4.78, 5) is 21.3. The summed E-state index contributed by atoms with van der Waals surface area (Å²) in [6.07, 6.45) is 4.80. The van der Waals surface area contributed by atoms with E-state index in [1.54, 1.807) is 37.6 Å². The molecule has 1 aliphatic carbocycles. The zero-order valence-corrected chi connectivity index (χ0v) is 30.1. The van der Waals surface area contributed by atoms with Gasteiger partial charge in [0.1, 0.15) is 17.1 Å². The molecule has 13 heteroatoms. The number of carbonyl (C=O) groups is 1.